The molecule has 0 heterocycles. The molecule has 1 rings (SSSR count). The van der Waals surface area contributed by atoms with Crippen LogP contribution in [0.1, 0.15) is 36.5 Å². The van der Waals surface area contributed by atoms with Crippen LogP contribution in [0, 0.1) is 11.3 Å². The molecule has 0 radical (unpaired) electrons. The molecule has 3 heteroatoms. The van der Waals surface area contributed by atoms with Crippen LogP contribution in [-0.4, -0.2) is 11.0 Å². The van der Waals surface area contributed by atoms with E-state index in [1.165, 1.54) is 0 Å². The van der Waals surface area contributed by atoms with Gasteiger partial charge in [-0.25, -0.2) is 0 Å². The van der Waals surface area contributed by atoms with Gasteiger partial charge in [-0.2, -0.15) is 5.26 Å². The van der Waals surface area contributed by atoms with Crippen molar-refractivity contribution in [1.29, 1.82) is 5.26 Å². The van der Waals surface area contributed by atoms with E-state index in [0.717, 1.165) is 24.8 Å². The summed E-state index contributed by atoms with van der Waals surface area (Å²) in [5.41, 5.74) is 1.48. The third-order valence-electron chi connectivity index (χ3n) is 2.29. The zero-order valence-corrected chi connectivity index (χ0v) is 9.24. The quantitative estimate of drug-likeness (QED) is 0.616. The summed E-state index contributed by atoms with van der Waals surface area (Å²) in [7, 11) is 0. The lowest BCUT2D eigenvalue weighted by Gasteiger charge is -2.09. The lowest BCUT2D eigenvalue weighted by atomic mass is 10.0. The van der Waals surface area contributed by atoms with Crippen LogP contribution in [0.5, 0.6) is 0 Å². The molecule has 0 aromatic heterocycles. The highest BCUT2D eigenvalue weighted by Gasteiger charge is 2.06. The molecule has 0 aliphatic carbocycles. The van der Waals surface area contributed by atoms with E-state index in [1.54, 1.807) is 24.3 Å². The van der Waals surface area contributed by atoms with Gasteiger partial charge in [0.05, 0.1) is 17.7 Å². The monoisotopic (exact) mass is 223 g/mol. The first-order valence-electron chi connectivity index (χ1n) is 5.02. The van der Waals surface area contributed by atoms with Crippen molar-refractivity contribution in [2.75, 3.05) is 5.88 Å². The number of aliphatic hydroxyl groups excluding tert-OH is 1. The molecule has 0 aliphatic heterocycles. The van der Waals surface area contributed by atoms with Gasteiger partial charge in [0.25, 0.3) is 0 Å². The molecule has 0 aliphatic rings. The summed E-state index contributed by atoms with van der Waals surface area (Å²) >= 11 is 5.55. The molecular weight excluding hydrogens is 210 g/mol. The third kappa shape index (κ3) is 3.91. The van der Waals surface area contributed by atoms with Crippen LogP contribution in [-0.2, 0) is 0 Å². The molecule has 0 bridgehead atoms. The van der Waals surface area contributed by atoms with Crippen molar-refractivity contribution < 1.29 is 5.11 Å². The van der Waals surface area contributed by atoms with Crippen molar-refractivity contribution in [1.82, 2.24) is 0 Å². The Bertz CT molecular complexity index is 328. The van der Waals surface area contributed by atoms with E-state index in [1.807, 2.05) is 6.07 Å². The molecule has 15 heavy (non-hydrogen) atoms. The lowest BCUT2D eigenvalue weighted by Crippen LogP contribution is -1.97. The second kappa shape index (κ2) is 6.44. The molecular formula is C12H14ClNO. The van der Waals surface area contributed by atoms with E-state index >= 15 is 0 Å². The fraction of sp³-hybridized carbons (Fsp3) is 0.417. The van der Waals surface area contributed by atoms with Crippen molar-refractivity contribution in [3.05, 3.63) is 35.4 Å². The highest BCUT2D eigenvalue weighted by Crippen LogP contribution is 2.19. The number of halogens is 1. The highest BCUT2D eigenvalue weighted by molar-refractivity contribution is 6.17. The molecule has 1 aromatic rings. The van der Waals surface area contributed by atoms with Gasteiger partial charge in [0.2, 0.25) is 0 Å². The molecule has 0 fully saturated rings. The van der Waals surface area contributed by atoms with Crippen LogP contribution in [0.2, 0.25) is 0 Å². The van der Waals surface area contributed by atoms with Crippen molar-refractivity contribution in [3.8, 4) is 6.07 Å². The van der Waals surface area contributed by atoms with Crippen LogP contribution >= 0.6 is 11.6 Å². The van der Waals surface area contributed by atoms with Crippen molar-refractivity contribution in [2.45, 2.75) is 25.4 Å². The summed E-state index contributed by atoms with van der Waals surface area (Å²) < 4.78 is 0. The number of nitrogens with zero attached hydrogens (tertiary/aromatic N) is 1. The predicted octanol–water partition coefficient (Wildman–Crippen LogP) is 3.00. The number of alkyl halides is 1. The molecule has 1 aromatic carbocycles. The van der Waals surface area contributed by atoms with Crippen LogP contribution < -0.4 is 0 Å². The molecule has 1 unspecified atom stereocenters. The molecule has 1 atom stereocenters. The second-order valence-electron chi connectivity index (χ2n) is 3.43. The minimum atomic E-state index is -0.444. The van der Waals surface area contributed by atoms with Crippen molar-refractivity contribution in [3.63, 3.8) is 0 Å². The van der Waals surface area contributed by atoms with E-state index < -0.39 is 6.10 Å². The summed E-state index contributed by atoms with van der Waals surface area (Å²) in [6.07, 6.45) is 2.12. The van der Waals surface area contributed by atoms with Gasteiger partial charge < -0.3 is 5.11 Å². The van der Waals surface area contributed by atoms with Gasteiger partial charge in [-0.05, 0) is 37.0 Å². The summed E-state index contributed by atoms with van der Waals surface area (Å²) in [6, 6.07) is 9.08. The van der Waals surface area contributed by atoms with Crippen LogP contribution in [0.3, 0.4) is 0 Å². The Balaban J connectivity index is 2.51. The van der Waals surface area contributed by atoms with E-state index in [9.17, 15) is 5.11 Å². The van der Waals surface area contributed by atoms with Crippen LogP contribution in [0.25, 0.3) is 0 Å². The highest BCUT2D eigenvalue weighted by atomic mass is 35.5. The van der Waals surface area contributed by atoms with Gasteiger partial charge in [-0.1, -0.05) is 12.1 Å². The molecule has 0 amide bonds. The smallest absolute Gasteiger partial charge is 0.0991 e. The fourth-order valence-corrected chi connectivity index (χ4v) is 1.57. The maximum atomic E-state index is 9.78. The lowest BCUT2D eigenvalue weighted by molar-refractivity contribution is 0.164. The van der Waals surface area contributed by atoms with Gasteiger partial charge in [-0.3, -0.25) is 0 Å². The Kier molecular flexibility index (Phi) is 5.17. The number of aliphatic hydroxyl groups is 1. The fourth-order valence-electron chi connectivity index (χ4n) is 1.38. The number of nitriles is 1. The first-order valence-corrected chi connectivity index (χ1v) is 5.55. The number of benzene rings is 1. The Morgan fingerprint density at radius 2 is 1.93 bits per heavy atom. The number of hydrogen-bond donors (Lipinski definition) is 1. The average Bonchev–Trinajstić information content (AvgIpc) is 2.29. The molecule has 0 spiro atoms. The maximum Gasteiger partial charge on any atom is 0.0991 e. The summed E-state index contributed by atoms with van der Waals surface area (Å²) in [5, 5.41) is 18.4. The largest absolute Gasteiger partial charge is 0.388 e. The van der Waals surface area contributed by atoms with Crippen molar-refractivity contribution in [2.24, 2.45) is 0 Å². The molecule has 2 nitrogen and oxygen atoms in total. The Hall–Kier alpha value is -1.04. The van der Waals surface area contributed by atoms with Gasteiger partial charge in [0.1, 0.15) is 0 Å². The molecule has 0 saturated heterocycles. The zero-order valence-electron chi connectivity index (χ0n) is 8.49. The van der Waals surface area contributed by atoms with E-state index in [2.05, 4.69) is 0 Å². The Labute approximate surface area is 95.1 Å². The second-order valence-corrected chi connectivity index (χ2v) is 3.81. The first kappa shape index (κ1) is 12.0. The average molecular weight is 224 g/mol. The number of hydrogen-bond acceptors (Lipinski definition) is 2. The summed E-state index contributed by atoms with van der Waals surface area (Å²) in [4.78, 5) is 0. The minimum Gasteiger partial charge on any atom is -0.388 e. The predicted molar refractivity (Wildman–Crippen MR) is 60.7 cm³/mol. The molecule has 0 saturated carbocycles. The van der Waals surface area contributed by atoms with Crippen LogP contribution in [0.4, 0.5) is 0 Å². The summed E-state index contributed by atoms with van der Waals surface area (Å²) in [5.74, 6) is 0.639. The molecule has 80 valence electrons. The summed E-state index contributed by atoms with van der Waals surface area (Å²) in [6.45, 7) is 0. The van der Waals surface area contributed by atoms with Crippen LogP contribution in [0.15, 0.2) is 24.3 Å². The van der Waals surface area contributed by atoms with E-state index in [0.29, 0.717) is 11.4 Å². The Morgan fingerprint density at radius 1 is 1.27 bits per heavy atom. The SMILES string of the molecule is N#Cc1ccc(C(O)CCCCCl)cc1. The van der Waals surface area contributed by atoms with Gasteiger partial charge in [-0.15, -0.1) is 11.6 Å². The third-order valence-corrected chi connectivity index (χ3v) is 2.55. The topological polar surface area (TPSA) is 44.0 Å². The number of rotatable bonds is 5. The van der Waals surface area contributed by atoms with Gasteiger partial charge in [0, 0.05) is 5.88 Å². The standard InChI is InChI=1S/C12H14ClNO/c13-8-2-1-3-12(15)11-6-4-10(9-14)5-7-11/h4-7,12,15H,1-3,8H2. The number of unbranched alkanes of at least 4 members (excludes halogenated alkanes) is 1. The van der Waals surface area contributed by atoms with E-state index in [-0.39, 0.29) is 0 Å². The minimum absolute atomic E-state index is 0.444. The Morgan fingerprint density at radius 3 is 2.47 bits per heavy atom. The normalized spacial score (nSPS) is 12.1. The van der Waals surface area contributed by atoms with Gasteiger partial charge in [0.15, 0.2) is 0 Å². The molecule has 1 N–H and O–H groups in total. The van der Waals surface area contributed by atoms with Crippen molar-refractivity contribution >= 4 is 11.6 Å². The zero-order chi connectivity index (χ0) is 11.1. The maximum absolute atomic E-state index is 9.78. The first-order chi connectivity index (χ1) is 7.27. The van der Waals surface area contributed by atoms with E-state index in [4.69, 9.17) is 16.9 Å². The van der Waals surface area contributed by atoms with Gasteiger partial charge >= 0.3 is 0 Å².